The van der Waals surface area contributed by atoms with Crippen LogP contribution in [0.1, 0.15) is 12.5 Å². The van der Waals surface area contributed by atoms with Crippen LogP contribution in [0.5, 0.6) is 17.2 Å². The highest BCUT2D eigenvalue weighted by molar-refractivity contribution is 5.92. The van der Waals surface area contributed by atoms with Gasteiger partial charge in [0.05, 0.1) is 20.8 Å². The maximum atomic E-state index is 12.6. The van der Waals surface area contributed by atoms with Gasteiger partial charge in [0.25, 0.3) is 0 Å². The average Bonchev–Trinajstić information content (AvgIpc) is 2.78. The van der Waals surface area contributed by atoms with Crippen LogP contribution in [0, 0.1) is 0 Å². The summed E-state index contributed by atoms with van der Waals surface area (Å²) in [5, 5.41) is 0. The molecule has 29 heavy (non-hydrogen) atoms. The summed E-state index contributed by atoms with van der Waals surface area (Å²) in [5.74, 6) is 2.23. The Balaban J connectivity index is 1.56. The lowest BCUT2D eigenvalue weighted by Gasteiger charge is -2.35. The Morgan fingerprint density at radius 1 is 0.966 bits per heavy atom. The standard InChI is InChI=1S/C23H28N2O4/c1-4-29-21-11-5-18(17-22(21)28-3)6-12-23(26)25-15-13-24(14-16-25)19-7-9-20(27-2)10-8-19/h5-12,17H,4,13-16H2,1-3H3/b12-6+. The van der Waals surface area contributed by atoms with Crippen molar-refractivity contribution in [3.8, 4) is 17.2 Å². The predicted octanol–water partition coefficient (Wildman–Crippen LogP) is 3.46. The number of piperazine rings is 1. The molecule has 0 radical (unpaired) electrons. The molecule has 0 aromatic heterocycles. The van der Waals surface area contributed by atoms with E-state index >= 15 is 0 Å². The first kappa shape index (κ1) is 20.6. The molecule has 1 amide bonds. The van der Waals surface area contributed by atoms with Crippen molar-refractivity contribution in [3.63, 3.8) is 0 Å². The number of carbonyl (C=O) groups excluding carboxylic acids is 1. The summed E-state index contributed by atoms with van der Waals surface area (Å²) in [7, 11) is 3.27. The molecule has 6 nitrogen and oxygen atoms in total. The van der Waals surface area contributed by atoms with E-state index < -0.39 is 0 Å². The van der Waals surface area contributed by atoms with E-state index in [1.54, 1.807) is 20.3 Å². The normalized spacial score (nSPS) is 14.2. The quantitative estimate of drug-likeness (QED) is 0.671. The molecule has 1 heterocycles. The van der Waals surface area contributed by atoms with Crippen molar-refractivity contribution >= 4 is 17.7 Å². The minimum atomic E-state index is 0.0206. The fourth-order valence-corrected chi connectivity index (χ4v) is 3.31. The molecule has 0 spiro atoms. The molecule has 1 saturated heterocycles. The lowest BCUT2D eigenvalue weighted by molar-refractivity contribution is -0.126. The summed E-state index contributed by atoms with van der Waals surface area (Å²) in [6.45, 7) is 5.52. The lowest BCUT2D eigenvalue weighted by atomic mass is 10.1. The molecule has 6 heteroatoms. The molecule has 154 valence electrons. The monoisotopic (exact) mass is 396 g/mol. The Bertz CT molecular complexity index is 840. The topological polar surface area (TPSA) is 51.2 Å². The van der Waals surface area contributed by atoms with Gasteiger partial charge in [-0.05, 0) is 55.0 Å². The third kappa shape index (κ3) is 5.22. The van der Waals surface area contributed by atoms with Crippen molar-refractivity contribution in [2.45, 2.75) is 6.92 Å². The van der Waals surface area contributed by atoms with Gasteiger partial charge in [-0.2, -0.15) is 0 Å². The Labute approximate surface area is 172 Å². The summed E-state index contributed by atoms with van der Waals surface area (Å²) in [5.41, 5.74) is 2.05. The molecule has 2 aromatic rings. The van der Waals surface area contributed by atoms with Crippen LogP contribution >= 0.6 is 0 Å². The van der Waals surface area contributed by atoms with E-state index in [9.17, 15) is 4.79 Å². The molecule has 0 unspecified atom stereocenters. The van der Waals surface area contributed by atoms with E-state index in [0.29, 0.717) is 31.2 Å². The fourth-order valence-electron chi connectivity index (χ4n) is 3.31. The van der Waals surface area contributed by atoms with E-state index in [0.717, 1.165) is 30.1 Å². The number of hydrogen-bond donors (Lipinski definition) is 0. The molecule has 0 saturated carbocycles. The maximum absolute atomic E-state index is 12.6. The number of methoxy groups -OCH3 is 2. The Kier molecular flexibility index (Phi) is 7.00. The maximum Gasteiger partial charge on any atom is 0.246 e. The summed E-state index contributed by atoms with van der Waals surface area (Å²) >= 11 is 0. The molecule has 0 aliphatic carbocycles. The zero-order valence-corrected chi connectivity index (χ0v) is 17.3. The molecule has 0 bridgehead atoms. The molecule has 2 aromatic carbocycles. The van der Waals surface area contributed by atoms with Gasteiger partial charge in [-0.1, -0.05) is 6.07 Å². The zero-order valence-electron chi connectivity index (χ0n) is 17.3. The smallest absolute Gasteiger partial charge is 0.246 e. The molecular formula is C23H28N2O4. The molecule has 0 atom stereocenters. The van der Waals surface area contributed by atoms with E-state index in [2.05, 4.69) is 17.0 Å². The van der Waals surface area contributed by atoms with Gasteiger partial charge in [-0.3, -0.25) is 4.79 Å². The van der Waals surface area contributed by atoms with Crippen LogP contribution in [-0.4, -0.2) is 57.8 Å². The number of benzene rings is 2. The average molecular weight is 396 g/mol. The highest BCUT2D eigenvalue weighted by Crippen LogP contribution is 2.28. The molecule has 3 rings (SSSR count). The SMILES string of the molecule is CCOc1ccc(/C=C/C(=O)N2CCN(c3ccc(OC)cc3)CC2)cc1OC. The van der Waals surface area contributed by atoms with E-state index in [4.69, 9.17) is 14.2 Å². The van der Waals surface area contributed by atoms with Crippen LogP contribution in [0.15, 0.2) is 48.5 Å². The summed E-state index contributed by atoms with van der Waals surface area (Å²) in [6, 6.07) is 13.7. The van der Waals surface area contributed by atoms with Crippen LogP contribution in [0.3, 0.4) is 0 Å². The van der Waals surface area contributed by atoms with Crippen LogP contribution in [-0.2, 0) is 4.79 Å². The van der Waals surface area contributed by atoms with Crippen molar-refractivity contribution in [1.82, 2.24) is 4.90 Å². The van der Waals surface area contributed by atoms with Crippen molar-refractivity contribution in [1.29, 1.82) is 0 Å². The minimum Gasteiger partial charge on any atom is -0.497 e. The van der Waals surface area contributed by atoms with Crippen LogP contribution in [0.25, 0.3) is 6.08 Å². The number of amides is 1. The van der Waals surface area contributed by atoms with Gasteiger partial charge in [0.1, 0.15) is 5.75 Å². The van der Waals surface area contributed by atoms with Gasteiger partial charge < -0.3 is 24.0 Å². The van der Waals surface area contributed by atoms with Gasteiger partial charge in [0.2, 0.25) is 5.91 Å². The number of rotatable bonds is 7. The van der Waals surface area contributed by atoms with Gasteiger partial charge in [0.15, 0.2) is 11.5 Å². The first-order valence-corrected chi connectivity index (χ1v) is 9.81. The highest BCUT2D eigenvalue weighted by atomic mass is 16.5. The number of anilines is 1. The summed E-state index contributed by atoms with van der Waals surface area (Å²) in [6.07, 6.45) is 3.44. The van der Waals surface area contributed by atoms with Crippen LogP contribution in [0.2, 0.25) is 0 Å². The zero-order chi connectivity index (χ0) is 20.6. The van der Waals surface area contributed by atoms with Crippen molar-refractivity contribution in [2.24, 2.45) is 0 Å². The van der Waals surface area contributed by atoms with Crippen molar-refractivity contribution in [2.75, 3.05) is 51.9 Å². The Morgan fingerprint density at radius 3 is 2.31 bits per heavy atom. The third-order valence-corrected chi connectivity index (χ3v) is 4.93. The Morgan fingerprint density at radius 2 is 1.69 bits per heavy atom. The van der Waals surface area contributed by atoms with Crippen LogP contribution in [0.4, 0.5) is 5.69 Å². The summed E-state index contributed by atoms with van der Waals surface area (Å²) < 4.78 is 16.1. The number of hydrogen-bond acceptors (Lipinski definition) is 5. The highest BCUT2D eigenvalue weighted by Gasteiger charge is 2.19. The second kappa shape index (κ2) is 9.87. The van der Waals surface area contributed by atoms with E-state index in [1.165, 1.54) is 0 Å². The number of ether oxygens (including phenoxy) is 3. The fraction of sp³-hybridized carbons (Fsp3) is 0.348. The lowest BCUT2D eigenvalue weighted by Crippen LogP contribution is -2.48. The van der Waals surface area contributed by atoms with E-state index in [-0.39, 0.29) is 5.91 Å². The second-order valence-electron chi connectivity index (χ2n) is 6.69. The first-order chi connectivity index (χ1) is 14.1. The summed E-state index contributed by atoms with van der Waals surface area (Å²) in [4.78, 5) is 16.7. The van der Waals surface area contributed by atoms with Gasteiger partial charge >= 0.3 is 0 Å². The minimum absolute atomic E-state index is 0.0206. The predicted molar refractivity (Wildman–Crippen MR) is 115 cm³/mol. The van der Waals surface area contributed by atoms with Crippen LogP contribution < -0.4 is 19.1 Å². The van der Waals surface area contributed by atoms with Crippen molar-refractivity contribution in [3.05, 3.63) is 54.1 Å². The molecule has 1 aliphatic heterocycles. The van der Waals surface area contributed by atoms with E-state index in [1.807, 2.05) is 48.2 Å². The number of carbonyl (C=O) groups is 1. The van der Waals surface area contributed by atoms with Gasteiger partial charge in [0, 0.05) is 37.9 Å². The molecular weight excluding hydrogens is 368 g/mol. The van der Waals surface area contributed by atoms with Gasteiger partial charge in [-0.25, -0.2) is 0 Å². The third-order valence-electron chi connectivity index (χ3n) is 4.93. The number of nitrogens with zero attached hydrogens (tertiary/aromatic N) is 2. The Hall–Kier alpha value is -3.15. The van der Waals surface area contributed by atoms with Crippen molar-refractivity contribution < 1.29 is 19.0 Å². The second-order valence-corrected chi connectivity index (χ2v) is 6.69. The molecule has 1 fully saturated rings. The molecule has 1 aliphatic rings. The largest absolute Gasteiger partial charge is 0.497 e. The van der Waals surface area contributed by atoms with Gasteiger partial charge in [-0.15, -0.1) is 0 Å². The molecule has 0 N–H and O–H groups in total. The first-order valence-electron chi connectivity index (χ1n) is 9.81.